The summed E-state index contributed by atoms with van der Waals surface area (Å²) in [6.45, 7) is 0.784. The number of ether oxygens (including phenoxy) is 1. The van der Waals surface area contributed by atoms with E-state index in [1.165, 1.54) is 24.3 Å². The molecule has 4 aromatic rings. The van der Waals surface area contributed by atoms with Gasteiger partial charge in [0.2, 0.25) is 0 Å². The number of nitrogens with zero attached hydrogens (tertiary/aromatic N) is 1. The summed E-state index contributed by atoms with van der Waals surface area (Å²) >= 11 is 12.3. The predicted octanol–water partition coefficient (Wildman–Crippen LogP) is 7.96. The number of para-hydroxylation sites is 1. The van der Waals surface area contributed by atoms with Crippen molar-refractivity contribution in [3.05, 3.63) is 124 Å². The van der Waals surface area contributed by atoms with Crippen molar-refractivity contribution >= 4 is 23.2 Å². The van der Waals surface area contributed by atoms with Crippen molar-refractivity contribution in [2.75, 3.05) is 0 Å². The Kier molecular flexibility index (Phi) is 7.58. The zero-order chi connectivity index (χ0) is 23.2. The first-order valence-corrected chi connectivity index (χ1v) is 11.4. The summed E-state index contributed by atoms with van der Waals surface area (Å²) in [6.07, 6.45) is 5.58. The lowest BCUT2D eigenvalue weighted by molar-refractivity contribution is -0.697. The molecule has 0 amide bonds. The van der Waals surface area contributed by atoms with Crippen molar-refractivity contribution < 1.29 is 18.1 Å². The molecule has 0 aliphatic carbocycles. The number of pyridine rings is 1. The summed E-state index contributed by atoms with van der Waals surface area (Å²) in [4.78, 5) is 0. The molecular formula is C27H22Cl2F2NO+. The van der Waals surface area contributed by atoms with Gasteiger partial charge >= 0.3 is 0 Å². The Hall–Kier alpha value is -2.95. The number of hydrogen-bond donors (Lipinski definition) is 0. The first-order valence-electron chi connectivity index (χ1n) is 10.6. The third-order valence-corrected chi connectivity index (χ3v) is 6.05. The van der Waals surface area contributed by atoms with Crippen LogP contribution in [0.1, 0.15) is 29.9 Å². The molecule has 0 saturated carbocycles. The number of rotatable bonds is 8. The van der Waals surface area contributed by atoms with Crippen molar-refractivity contribution in [3.8, 4) is 11.5 Å². The molecule has 2 nitrogen and oxygen atoms in total. The molecule has 1 aromatic heterocycles. The second-order valence-electron chi connectivity index (χ2n) is 7.72. The maximum absolute atomic E-state index is 13.4. The van der Waals surface area contributed by atoms with Crippen molar-refractivity contribution in [1.82, 2.24) is 0 Å². The highest BCUT2D eigenvalue weighted by Crippen LogP contribution is 2.35. The van der Waals surface area contributed by atoms with Gasteiger partial charge in [0.1, 0.15) is 23.9 Å². The van der Waals surface area contributed by atoms with Crippen LogP contribution in [-0.4, -0.2) is 0 Å². The summed E-state index contributed by atoms with van der Waals surface area (Å²) in [5, 5.41) is 0.902. The van der Waals surface area contributed by atoms with Crippen LogP contribution in [0, 0.1) is 11.6 Å². The number of benzene rings is 3. The maximum Gasteiger partial charge on any atom is 0.172 e. The second-order valence-corrected chi connectivity index (χ2v) is 8.54. The van der Waals surface area contributed by atoms with E-state index in [2.05, 4.69) is 4.57 Å². The van der Waals surface area contributed by atoms with E-state index in [-0.39, 0.29) is 17.6 Å². The van der Waals surface area contributed by atoms with Gasteiger partial charge in [-0.3, -0.25) is 0 Å². The molecule has 0 unspecified atom stereocenters. The fourth-order valence-electron chi connectivity index (χ4n) is 3.75. The highest BCUT2D eigenvalue weighted by atomic mass is 35.5. The quantitative estimate of drug-likeness (QED) is 0.231. The van der Waals surface area contributed by atoms with Crippen LogP contribution in [0.3, 0.4) is 0 Å². The van der Waals surface area contributed by atoms with E-state index in [1.54, 1.807) is 42.5 Å². The van der Waals surface area contributed by atoms with Gasteiger partial charge in [-0.2, -0.15) is 0 Å². The molecule has 6 heteroatoms. The summed E-state index contributed by atoms with van der Waals surface area (Å²) in [6, 6.07) is 22.0. The highest BCUT2D eigenvalue weighted by Gasteiger charge is 2.16. The van der Waals surface area contributed by atoms with E-state index in [9.17, 15) is 8.78 Å². The lowest BCUT2D eigenvalue weighted by atomic mass is 9.87. The van der Waals surface area contributed by atoms with Gasteiger partial charge in [0, 0.05) is 24.5 Å². The molecular weight excluding hydrogens is 463 g/mol. The molecule has 1 heterocycles. The van der Waals surface area contributed by atoms with Crippen molar-refractivity contribution in [1.29, 1.82) is 0 Å². The molecule has 0 saturated heterocycles. The molecule has 0 fully saturated rings. The predicted molar refractivity (Wildman–Crippen MR) is 127 cm³/mol. The molecule has 33 heavy (non-hydrogen) atoms. The van der Waals surface area contributed by atoms with E-state index >= 15 is 0 Å². The molecule has 4 rings (SSSR count). The van der Waals surface area contributed by atoms with E-state index in [0.717, 1.165) is 30.5 Å². The average Bonchev–Trinajstić information content (AvgIpc) is 2.82. The van der Waals surface area contributed by atoms with Crippen LogP contribution in [-0.2, 0) is 6.54 Å². The Morgan fingerprint density at radius 3 is 1.76 bits per heavy atom. The van der Waals surface area contributed by atoms with E-state index in [4.69, 9.17) is 27.9 Å². The van der Waals surface area contributed by atoms with Crippen LogP contribution >= 0.6 is 23.2 Å². The maximum atomic E-state index is 13.4. The fourth-order valence-corrected chi connectivity index (χ4v) is 4.23. The molecule has 0 atom stereocenters. The molecule has 3 aromatic carbocycles. The minimum Gasteiger partial charge on any atom is -0.454 e. The van der Waals surface area contributed by atoms with Gasteiger partial charge in [-0.1, -0.05) is 53.5 Å². The van der Waals surface area contributed by atoms with Crippen LogP contribution in [0.25, 0.3) is 0 Å². The molecule has 0 aliphatic rings. The largest absolute Gasteiger partial charge is 0.454 e. The molecule has 0 aliphatic heterocycles. The normalized spacial score (nSPS) is 11.1. The first kappa shape index (κ1) is 23.2. The van der Waals surface area contributed by atoms with Gasteiger partial charge in [-0.05, 0) is 53.9 Å². The Morgan fingerprint density at radius 2 is 1.24 bits per heavy atom. The third kappa shape index (κ3) is 6.10. The van der Waals surface area contributed by atoms with Crippen molar-refractivity contribution in [2.24, 2.45) is 0 Å². The monoisotopic (exact) mass is 484 g/mol. The summed E-state index contributed by atoms with van der Waals surface area (Å²) in [7, 11) is 0. The molecule has 0 spiro atoms. The van der Waals surface area contributed by atoms with Crippen LogP contribution < -0.4 is 9.30 Å². The van der Waals surface area contributed by atoms with Crippen LogP contribution in [0.5, 0.6) is 11.5 Å². The second kappa shape index (κ2) is 10.8. The Labute approximate surface area is 202 Å². The standard InChI is InChI=1S/C27H22Cl2F2NO/c28-25-4-1-5-26(29)27(25)33-23-14-17-32(18-15-23)16-2-3-24(19-6-10-21(30)11-7-19)20-8-12-22(31)13-9-20/h1,4-15,17-18,24H,2-3,16H2/q+1. The Morgan fingerprint density at radius 1 is 0.727 bits per heavy atom. The zero-order valence-corrected chi connectivity index (χ0v) is 19.2. The summed E-state index contributed by atoms with van der Waals surface area (Å²) in [5.41, 5.74) is 2.02. The lowest BCUT2D eigenvalue weighted by Gasteiger charge is -2.17. The van der Waals surface area contributed by atoms with Gasteiger partial charge in [0.15, 0.2) is 18.1 Å². The van der Waals surface area contributed by atoms with Gasteiger partial charge < -0.3 is 4.74 Å². The van der Waals surface area contributed by atoms with E-state index in [0.29, 0.717) is 21.5 Å². The summed E-state index contributed by atoms with van der Waals surface area (Å²) in [5.74, 6) is 0.577. The van der Waals surface area contributed by atoms with Crippen LogP contribution in [0.4, 0.5) is 8.78 Å². The summed E-state index contributed by atoms with van der Waals surface area (Å²) < 4.78 is 34.7. The first-order chi connectivity index (χ1) is 16.0. The van der Waals surface area contributed by atoms with Crippen LogP contribution in [0.15, 0.2) is 91.3 Å². The minimum atomic E-state index is -0.271. The molecule has 0 radical (unpaired) electrons. The minimum absolute atomic E-state index is 0.0526. The SMILES string of the molecule is Fc1ccc(C(CCC[n+]2ccc(Oc3c(Cl)cccc3Cl)cc2)c2ccc(F)cc2)cc1. The van der Waals surface area contributed by atoms with Crippen molar-refractivity contribution in [3.63, 3.8) is 0 Å². The highest BCUT2D eigenvalue weighted by molar-refractivity contribution is 6.37. The number of aromatic nitrogens is 1. The smallest absolute Gasteiger partial charge is 0.172 e. The van der Waals surface area contributed by atoms with E-state index < -0.39 is 0 Å². The Bertz CT molecular complexity index is 1130. The number of hydrogen-bond acceptors (Lipinski definition) is 1. The molecule has 168 valence electrons. The van der Waals surface area contributed by atoms with E-state index in [1.807, 2.05) is 24.5 Å². The lowest BCUT2D eigenvalue weighted by Crippen LogP contribution is -2.32. The number of halogens is 4. The molecule has 0 bridgehead atoms. The number of aryl methyl sites for hydroxylation is 1. The van der Waals surface area contributed by atoms with Gasteiger partial charge in [-0.25, -0.2) is 13.3 Å². The third-order valence-electron chi connectivity index (χ3n) is 5.45. The topological polar surface area (TPSA) is 13.1 Å². The van der Waals surface area contributed by atoms with Crippen LogP contribution in [0.2, 0.25) is 10.0 Å². The van der Waals surface area contributed by atoms with Gasteiger partial charge in [0.25, 0.3) is 0 Å². The molecule has 0 N–H and O–H groups in total. The van der Waals surface area contributed by atoms with Gasteiger partial charge in [-0.15, -0.1) is 0 Å². The van der Waals surface area contributed by atoms with Crippen molar-refractivity contribution in [2.45, 2.75) is 25.3 Å². The fraction of sp³-hybridized carbons (Fsp3) is 0.148. The average molecular weight is 485 g/mol. The zero-order valence-electron chi connectivity index (χ0n) is 17.7. The Balaban J connectivity index is 1.41. The van der Waals surface area contributed by atoms with Gasteiger partial charge in [0.05, 0.1) is 10.0 Å².